The molecule has 0 aromatic carbocycles. The van der Waals surface area contributed by atoms with E-state index in [1.165, 1.54) is 30.6 Å². The number of carbonyl (C=O) groups is 1. The van der Waals surface area contributed by atoms with Gasteiger partial charge in [-0.05, 0) is 30.2 Å². The SMILES string of the molecule is CC1CCCCC1N(C)C(=O)c1cccs1. The Bertz CT molecular complexity index is 347. The molecular formula is C13H19NOS. The summed E-state index contributed by atoms with van der Waals surface area (Å²) >= 11 is 1.53. The molecular weight excluding hydrogens is 218 g/mol. The van der Waals surface area contributed by atoms with E-state index in [9.17, 15) is 4.79 Å². The summed E-state index contributed by atoms with van der Waals surface area (Å²) in [6.45, 7) is 2.27. The zero-order chi connectivity index (χ0) is 11.5. The van der Waals surface area contributed by atoms with Gasteiger partial charge in [0.15, 0.2) is 0 Å². The Morgan fingerprint density at radius 2 is 2.19 bits per heavy atom. The van der Waals surface area contributed by atoms with Crippen molar-refractivity contribution in [1.29, 1.82) is 0 Å². The summed E-state index contributed by atoms with van der Waals surface area (Å²) in [6, 6.07) is 4.29. The zero-order valence-corrected chi connectivity index (χ0v) is 10.8. The van der Waals surface area contributed by atoms with Gasteiger partial charge in [-0.3, -0.25) is 4.79 Å². The average Bonchev–Trinajstić information content (AvgIpc) is 2.81. The molecule has 2 rings (SSSR count). The van der Waals surface area contributed by atoms with E-state index in [1.54, 1.807) is 0 Å². The van der Waals surface area contributed by atoms with E-state index in [1.807, 2.05) is 29.5 Å². The Balaban J connectivity index is 2.06. The third-order valence-electron chi connectivity index (χ3n) is 3.62. The van der Waals surface area contributed by atoms with Crippen molar-refractivity contribution in [3.05, 3.63) is 22.4 Å². The molecule has 1 fully saturated rings. The molecule has 0 radical (unpaired) electrons. The Labute approximate surface area is 101 Å². The first-order valence-electron chi connectivity index (χ1n) is 6.01. The van der Waals surface area contributed by atoms with Gasteiger partial charge in [0.25, 0.3) is 5.91 Å². The molecule has 88 valence electrons. The summed E-state index contributed by atoms with van der Waals surface area (Å²) in [5, 5.41) is 1.96. The lowest BCUT2D eigenvalue weighted by Crippen LogP contribution is -2.42. The van der Waals surface area contributed by atoms with Gasteiger partial charge in [-0.1, -0.05) is 25.8 Å². The molecule has 1 saturated carbocycles. The number of hydrogen-bond donors (Lipinski definition) is 0. The monoisotopic (exact) mass is 237 g/mol. The van der Waals surface area contributed by atoms with E-state index >= 15 is 0 Å². The smallest absolute Gasteiger partial charge is 0.263 e. The lowest BCUT2D eigenvalue weighted by Gasteiger charge is -2.36. The van der Waals surface area contributed by atoms with Crippen molar-refractivity contribution in [3.63, 3.8) is 0 Å². The van der Waals surface area contributed by atoms with Crippen LogP contribution in [-0.4, -0.2) is 23.9 Å². The van der Waals surface area contributed by atoms with E-state index in [-0.39, 0.29) is 5.91 Å². The second kappa shape index (κ2) is 5.00. The van der Waals surface area contributed by atoms with Crippen molar-refractivity contribution in [3.8, 4) is 0 Å². The summed E-state index contributed by atoms with van der Waals surface area (Å²) in [6.07, 6.45) is 5.00. The van der Waals surface area contributed by atoms with Gasteiger partial charge in [0.2, 0.25) is 0 Å². The first-order valence-corrected chi connectivity index (χ1v) is 6.89. The molecule has 1 aromatic heterocycles. The van der Waals surface area contributed by atoms with Crippen molar-refractivity contribution in [2.75, 3.05) is 7.05 Å². The lowest BCUT2D eigenvalue weighted by molar-refractivity contribution is 0.0634. The number of rotatable bonds is 2. The average molecular weight is 237 g/mol. The highest BCUT2D eigenvalue weighted by Crippen LogP contribution is 2.28. The highest BCUT2D eigenvalue weighted by atomic mass is 32.1. The maximum atomic E-state index is 12.2. The molecule has 1 heterocycles. The summed E-state index contributed by atoms with van der Waals surface area (Å²) in [5.41, 5.74) is 0. The number of amides is 1. The maximum absolute atomic E-state index is 12.2. The van der Waals surface area contributed by atoms with E-state index in [2.05, 4.69) is 6.92 Å². The van der Waals surface area contributed by atoms with Gasteiger partial charge in [-0.25, -0.2) is 0 Å². The minimum atomic E-state index is 0.189. The van der Waals surface area contributed by atoms with Crippen LogP contribution in [0, 0.1) is 5.92 Å². The minimum Gasteiger partial charge on any atom is -0.338 e. The molecule has 1 aliphatic carbocycles. The van der Waals surface area contributed by atoms with Gasteiger partial charge < -0.3 is 4.90 Å². The topological polar surface area (TPSA) is 20.3 Å². The Morgan fingerprint density at radius 3 is 2.81 bits per heavy atom. The van der Waals surface area contributed by atoms with Crippen LogP contribution in [0.15, 0.2) is 17.5 Å². The van der Waals surface area contributed by atoms with Crippen LogP contribution in [0.4, 0.5) is 0 Å². The summed E-state index contributed by atoms with van der Waals surface area (Å²) in [5.74, 6) is 0.830. The van der Waals surface area contributed by atoms with Crippen LogP contribution in [0.2, 0.25) is 0 Å². The minimum absolute atomic E-state index is 0.189. The van der Waals surface area contributed by atoms with Gasteiger partial charge in [0.1, 0.15) is 0 Å². The quantitative estimate of drug-likeness (QED) is 0.772. The van der Waals surface area contributed by atoms with Crippen molar-refractivity contribution in [2.24, 2.45) is 5.92 Å². The lowest BCUT2D eigenvalue weighted by atomic mass is 9.85. The normalized spacial score (nSPS) is 25.4. The van der Waals surface area contributed by atoms with Crippen molar-refractivity contribution in [2.45, 2.75) is 38.6 Å². The van der Waals surface area contributed by atoms with Gasteiger partial charge in [-0.2, -0.15) is 0 Å². The number of thiophene rings is 1. The molecule has 0 bridgehead atoms. The van der Waals surface area contributed by atoms with Crippen LogP contribution < -0.4 is 0 Å². The van der Waals surface area contributed by atoms with Crippen molar-refractivity contribution < 1.29 is 4.79 Å². The summed E-state index contributed by atoms with van der Waals surface area (Å²) in [4.78, 5) is 15.0. The molecule has 3 heteroatoms. The molecule has 0 N–H and O–H groups in total. The van der Waals surface area contributed by atoms with E-state index in [0.29, 0.717) is 12.0 Å². The van der Waals surface area contributed by atoms with Crippen LogP contribution in [0.1, 0.15) is 42.3 Å². The van der Waals surface area contributed by atoms with Gasteiger partial charge in [0, 0.05) is 13.1 Å². The Kier molecular flexibility index (Phi) is 3.64. The van der Waals surface area contributed by atoms with Crippen LogP contribution in [0.25, 0.3) is 0 Å². The third kappa shape index (κ3) is 2.29. The largest absolute Gasteiger partial charge is 0.338 e. The molecule has 0 saturated heterocycles. The Hall–Kier alpha value is -0.830. The molecule has 1 amide bonds. The van der Waals surface area contributed by atoms with Crippen LogP contribution >= 0.6 is 11.3 Å². The molecule has 2 atom stereocenters. The fourth-order valence-corrected chi connectivity index (χ4v) is 3.30. The van der Waals surface area contributed by atoms with Crippen molar-refractivity contribution in [1.82, 2.24) is 4.90 Å². The highest BCUT2D eigenvalue weighted by molar-refractivity contribution is 7.12. The second-order valence-corrected chi connectivity index (χ2v) is 5.67. The van der Waals surface area contributed by atoms with Gasteiger partial charge in [0.05, 0.1) is 4.88 Å². The summed E-state index contributed by atoms with van der Waals surface area (Å²) < 4.78 is 0. The fraction of sp³-hybridized carbons (Fsp3) is 0.615. The predicted octanol–water partition coefficient (Wildman–Crippen LogP) is 3.40. The molecule has 0 aliphatic heterocycles. The van der Waals surface area contributed by atoms with Gasteiger partial charge >= 0.3 is 0 Å². The first-order chi connectivity index (χ1) is 7.70. The van der Waals surface area contributed by atoms with Crippen LogP contribution in [0.5, 0.6) is 0 Å². The molecule has 16 heavy (non-hydrogen) atoms. The number of carbonyl (C=O) groups excluding carboxylic acids is 1. The van der Waals surface area contributed by atoms with Gasteiger partial charge in [-0.15, -0.1) is 11.3 Å². The van der Waals surface area contributed by atoms with E-state index in [0.717, 1.165) is 11.3 Å². The van der Waals surface area contributed by atoms with Crippen LogP contribution in [0.3, 0.4) is 0 Å². The van der Waals surface area contributed by atoms with E-state index in [4.69, 9.17) is 0 Å². The maximum Gasteiger partial charge on any atom is 0.263 e. The third-order valence-corrected chi connectivity index (χ3v) is 4.47. The molecule has 1 aliphatic rings. The molecule has 2 unspecified atom stereocenters. The Morgan fingerprint density at radius 1 is 1.44 bits per heavy atom. The summed E-state index contributed by atoms with van der Waals surface area (Å²) in [7, 11) is 1.95. The number of hydrogen-bond acceptors (Lipinski definition) is 2. The number of nitrogens with zero attached hydrogens (tertiary/aromatic N) is 1. The van der Waals surface area contributed by atoms with Crippen molar-refractivity contribution >= 4 is 17.2 Å². The standard InChI is InChI=1S/C13H19NOS/c1-10-6-3-4-7-11(10)14(2)13(15)12-8-5-9-16-12/h5,8-11H,3-4,6-7H2,1-2H3. The van der Waals surface area contributed by atoms with Crippen LogP contribution in [-0.2, 0) is 0 Å². The highest BCUT2D eigenvalue weighted by Gasteiger charge is 2.28. The molecule has 0 spiro atoms. The molecule has 2 nitrogen and oxygen atoms in total. The predicted molar refractivity (Wildman–Crippen MR) is 67.8 cm³/mol. The fourth-order valence-electron chi connectivity index (χ4n) is 2.60. The second-order valence-electron chi connectivity index (χ2n) is 4.72. The zero-order valence-electron chi connectivity index (χ0n) is 9.98. The first kappa shape index (κ1) is 11.6. The molecule has 1 aromatic rings. The van der Waals surface area contributed by atoms with E-state index < -0.39 is 0 Å².